The van der Waals surface area contributed by atoms with E-state index in [1.807, 2.05) is 26.4 Å². The molecule has 0 bridgehead atoms. The summed E-state index contributed by atoms with van der Waals surface area (Å²) in [5.41, 5.74) is 1.12. The standard InChI is InChI=1S/C11H15N3O2/c1-12-5-9-3-4-15-11(9)8-16-10-6-13-14(2)7-10/h3-4,6-7,12H,5,8H2,1-2H3. The number of aryl methyl sites for hydroxylation is 1. The van der Waals surface area contributed by atoms with Gasteiger partial charge in [-0.2, -0.15) is 5.10 Å². The second kappa shape index (κ2) is 4.85. The molecule has 16 heavy (non-hydrogen) atoms. The molecule has 0 radical (unpaired) electrons. The largest absolute Gasteiger partial charge is 0.482 e. The Morgan fingerprint density at radius 2 is 2.44 bits per heavy atom. The zero-order chi connectivity index (χ0) is 11.4. The van der Waals surface area contributed by atoms with Crippen molar-refractivity contribution in [1.82, 2.24) is 15.1 Å². The third-order valence-corrected chi connectivity index (χ3v) is 2.26. The molecule has 2 aromatic heterocycles. The molecule has 0 saturated heterocycles. The maximum Gasteiger partial charge on any atom is 0.157 e. The summed E-state index contributed by atoms with van der Waals surface area (Å²) < 4.78 is 12.6. The molecule has 86 valence electrons. The molecular weight excluding hydrogens is 206 g/mol. The van der Waals surface area contributed by atoms with Crippen LogP contribution in [0, 0.1) is 0 Å². The van der Waals surface area contributed by atoms with Gasteiger partial charge >= 0.3 is 0 Å². The van der Waals surface area contributed by atoms with Crippen LogP contribution in [0.5, 0.6) is 5.75 Å². The van der Waals surface area contributed by atoms with E-state index >= 15 is 0 Å². The molecule has 0 aliphatic carbocycles. The van der Waals surface area contributed by atoms with Crippen molar-refractivity contribution in [3.05, 3.63) is 36.0 Å². The van der Waals surface area contributed by atoms with Crippen LogP contribution in [-0.4, -0.2) is 16.8 Å². The van der Waals surface area contributed by atoms with Crippen LogP contribution >= 0.6 is 0 Å². The first-order chi connectivity index (χ1) is 7.79. The predicted octanol–water partition coefficient (Wildman–Crippen LogP) is 1.31. The van der Waals surface area contributed by atoms with Crippen molar-refractivity contribution in [2.45, 2.75) is 13.2 Å². The lowest BCUT2D eigenvalue weighted by molar-refractivity contribution is 0.268. The minimum absolute atomic E-state index is 0.426. The van der Waals surface area contributed by atoms with Crippen LogP contribution in [0.15, 0.2) is 29.1 Å². The van der Waals surface area contributed by atoms with Gasteiger partial charge in [0.05, 0.1) is 18.7 Å². The van der Waals surface area contributed by atoms with E-state index in [0.717, 1.165) is 23.6 Å². The monoisotopic (exact) mass is 221 g/mol. The molecule has 0 unspecified atom stereocenters. The van der Waals surface area contributed by atoms with Gasteiger partial charge in [0, 0.05) is 19.2 Å². The normalized spacial score (nSPS) is 10.6. The highest BCUT2D eigenvalue weighted by atomic mass is 16.5. The van der Waals surface area contributed by atoms with E-state index in [-0.39, 0.29) is 0 Å². The molecule has 0 aromatic carbocycles. The number of hydrogen-bond acceptors (Lipinski definition) is 4. The number of nitrogens with zero attached hydrogens (tertiary/aromatic N) is 2. The fraction of sp³-hybridized carbons (Fsp3) is 0.364. The van der Waals surface area contributed by atoms with Gasteiger partial charge in [0.15, 0.2) is 5.75 Å². The Balaban J connectivity index is 1.96. The lowest BCUT2D eigenvalue weighted by Crippen LogP contribution is -2.07. The number of ether oxygens (including phenoxy) is 1. The smallest absolute Gasteiger partial charge is 0.157 e. The van der Waals surface area contributed by atoms with E-state index in [1.54, 1.807) is 17.1 Å². The SMILES string of the molecule is CNCc1ccoc1COc1cnn(C)c1. The maximum absolute atomic E-state index is 5.55. The Bertz CT molecular complexity index is 448. The molecule has 0 atom stereocenters. The quantitative estimate of drug-likeness (QED) is 0.827. The third kappa shape index (κ3) is 2.43. The summed E-state index contributed by atoms with van der Waals surface area (Å²) in [5, 5.41) is 7.10. The van der Waals surface area contributed by atoms with Crippen LogP contribution in [0.3, 0.4) is 0 Å². The zero-order valence-electron chi connectivity index (χ0n) is 9.43. The van der Waals surface area contributed by atoms with Crippen LogP contribution in [0.2, 0.25) is 0 Å². The summed E-state index contributed by atoms with van der Waals surface area (Å²) in [4.78, 5) is 0. The van der Waals surface area contributed by atoms with Crippen LogP contribution in [-0.2, 0) is 20.2 Å². The summed E-state index contributed by atoms with van der Waals surface area (Å²) in [5.74, 6) is 1.59. The molecule has 5 heteroatoms. The number of nitrogens with one attached hydrogen (secondary N) is 1. The lowest BCUT2D eigenvalue weighted by atomic mass is 10.2. The summed E-state index contributed by atoms with van der Waals surface area (Å²) in [6.45, 7) is 1.21. The fourth-order valence-electron chi connectivity index (χ4n) is 1.46. The molecule has 0 fully saturated rings. The van der Waals surface area contributed by atoms with Gasteiger partial charge in [-0.25, -0.2) is 0 Å². The molecule has 2 heterocycles. The van der Waals surface area contributed by atoms with Gasteiger partial charge in [0.2, 0.25) is 0 Å². The van der Waals surface area contributed by atoms with Gasteiger partial charge in [-0.3, -0.25) is 4.68 Å². The van der Waals surface area contributed by atoms with Crippen molar-refractivity contribution < 1.29 is 9.15 Å². The molecule has 0 aliphatic rings. The lowest BCUT2D eigenvalue weighted by Gasteiger charge is -2.03. The van der Waals surface area contributed by atoms with Crippen molar-refractivity contribution in [1.29, 1.82) is 0 Å². The Kier molecular flexibility index (Phi) is 3.26. The fourth-order valence-corrected chi connectivity index (χ4v) is 1.46. The Morgan fingerprint density at radius 1 is 1.56 bits per heavy atom. The van der Waals surface area contributed by atoms with Gasteiger partial charge in [-0.05, 0) is 13.1 Å². The molecule has 2 rings (SSSR count). The average molecular weight is 221 g/mol. The van der Waals surface area contributed by atoms with Gasteiger partial charge in [-0.15, -0.1) is 0 Å². The first kappa shape index (κ1) is 10.8. The highest BCUT2D eigenvalue weighted by Crippen LogP contribution is 2.14. The third-order valence-electron chi connectivity index (χ3n) is 2.26. The highest BCUT2D eigenvalue weighted by molar-refractivity contribution is 5.18. The minimum atomic E-state index is 0.426. The van der Waals surface area contributed by atoms with E-state index in [1.165, 1.54) is 0 Å². The molecule has 0 saturated carbocycles. The number of rotatable bonds is 5. The van der Waals surface area contributed by atoms with Crippen molar-refractivity contribution in [2.24, 2.45) is 7.05 Å². The van der Waals surface area contributed by atoms with Crippen molar-refractivity contribution in [2.75, 3.05) is 7.05 Å². The molecule has 1 N–H and O–H groups in total. The van der Waals surface area contributed by atoms with Crippen LogP contribution in [0.4, 0.5) is 0 Å². The minimum Gasteiger partial charge on any atom is -0.482 e. The molecule has 0 amide bonds. The van der Waals surface area contributed by atoms with E-state index in [9.17, 15) is 0 Å². The van der Waals surface area contributed by atoms with E-state index in [0.29, 0.717) is 6.61 Å². The molecule has 0 aliphatic heterocycles. The second-order valence-corrected chi connectivity index (χ2v) is 3.54. The topological polar surface area (TPSA) is 52.2 Å². The van der Waals surface area contributed by atoms with Crippen molar-refractivity contribution in [3.8, 4) is 5.75 Å². The van der Waals surface area contributed by atoms with E-state index < -0.39 is 0 Å². The van der Waals surface area contributed by atoms with Crippen LogP contribution in [0.25, 0.3) is 0 Å². The molecule has 0 spiro atoms. The Morgan fingerprint density at radius 3 is 3.12 bits per heavy atom. The highest BCUT2D eigenvalue weighted by Gasteiger charge is 2.06. The Labute approximate surface area is 94.0 Å². The van der Waals surface area contributed by atoms with Crippen molar-refractivity contribution in [3.63, 3.8) is 0 Å². The second-order valence-electron chi connectivity index (χ2n) is 3.54. The van der Waals surface area contributed by atoms with Gasteiger partial charge < -0.3 is 14.5 Å². The first-order valence-corrected chi connectivity index (χ1v) is 5.11. The van der Waals surface area contributed by atoms with Gasteiger partial charge in [0.1, 0.15) is 12.4 Å². The molecule has 2 aromatic rings. The van der Waals surface area contributed by atoms with Gasteiger partial charge in [-0.1, -0.05) is 0 Å². The number of furan rings is 1. The Hall–Kier alpha value is -1.75. The van der Waals surface area contributed by atoms with E-state index in [4.69, 9.17) is 9.15 Å². The summed E-state index contributed by atoms with van der Waals surface area (Å²) in [6.07, 6.45) is 5.18. The zero-order valence-corrected chi connectivity index (χ0v) is 9.43. The van der Waals surface area contributed by atoms with Gasteiger partial charge in [0.25, 0.3) is 0 Å². The number of hydrogen-bond donors (Lipinski definition) is 1. The maximum atomic E-state index is 5.55. The van der Waals surface area contributed by atoms with Crippen molar-refractivity contribution >= 4 is 0 Å². The number of aromatic nitrogens is 2. The average Bonchev–Trinajstić information content (AvgIpc) is 2.85. The summed E-state index contributed by atoms with van der Waals surface area (Å²) in [7, 11) is 3.75. The summed E-state index contributed by atoms with van der Waals surface area (Å²) in [6, 6.07) is 1.94. The summed E-state index contributed by atoms with van der Waals surface area (Å²) >= 11 is 0. The molecular formula is C11H15N3O2. The van der Waals surface area contributed by atoms with Crippen LogP contribution in [0.1, 0.15) is 11.3 Å². The predicted molar refractivity (Wildman–Crippen MR) is 59.0 cm³/mol. The van der Waals surface area contributed by atoms with E-state index in [2.05, 4.69) is 10.4 Å². The van der Waals surface area contributed by atoms with Crippen LogP contribution < -0.4 is 10.1 Å². The molecule has 5 nitrogen and oxygen atoms in total. The first-order valence-electron chi connectivity index (χ1n) is 5.11.